The Morgan fingerprint density at radius 2 is 2.04 bits per heavy atom. The van der Waals surface area contributed by atoms with Gasteiger partial charge in [-0.2, -0.15) is 0 Å². The zero-order valence-corrected chi connectivity index (χ0v) is 14.1. The van der Waals surface area contributed by atoms with Crippen LogP contribution in [0.1, 0.15) is 42.4 Å². The Labute approximate surface area is 137 Å². The first-order valence-electron chi connectivity index (χ1n) is 8.19. The quantitative estimate of drug-likeness (QED) is 0.921. The highest BCUT2D eigenvalue weighted by molar-refractivity contribution is 5.43. The second-order valence-corrected chi connectivity index (χ2v) is 6.04. The molecule has 0 spiro atoms. The maximum absolute atomic E-state index is 5.41. The summed E-state index contributed by atoms with van der Waals surface area (Å²) in [5.74, 6) is 2.66. The number of aryl methyl sites for hydroxylation is 1. The highest BCUT2D eigenvalue weighted by atomic mass is 16.5. The van der Waals surface area contributed by atoms with E-state index in [1.165, 1.54) is 24.1 Å². The van der Waals surface area contributed by atoms with Crippen molar-refractivity contribution in [1.29, 1.82) is 0 Å². The highest BCUT2D eigenvalue weighted by Gasteiger charge is 2.21. The topological polar surface area (TPSA) is 48.3 Å². The van der Waals surface area contributed by atoms with Crippen LogP contribution in [0.15, 0.2) is 24.4 Å². The van der Waals surface area contributed by atoms with E-state index < -0.39 is 0 Å². The summed E-state index contributed by atoms with van der Waals surface area (Å²) < 4.78 is 13.0. The Hall–Kier alpha value is -2.01. The minimum absolute atomic E-state index is 0.359. The van der Waals surface area contributed by atoms with Crippen molar-refractivity contribution in [3.8, 4) is 11.5 Å². The summed E-state index contributed by atoms with van der Waals surface area (Å²) >= 11 is 0. The molecule has 5 heteroatoms. The van der Waals surface area contributed by atoms with Crippen LogP contribution in [0.5, 0.6) is 11.5 Å². The Morgan fingerprint density at radius 3 is 2.74 bits per heavy atom. The van der Waals surface area contributed by atoms with Gasteiger partial charge in [0.1, 0.15) is 5.82 Å². The van der Waals surface area contributed by atoms with Gasteiger partial charge in [-0.15, -0.1) is 0 Å². The van der Waals surface area contributed by atoms with E-state index in [1.54, 1.807) is 14.2 Å². The van der Waals surface area contributed by atoms with Crippen LogP contribution in [0.3, 0.4) is 0 Å². The lowest BCUT2D eigenvalue weighted by Crippen LogP contribution is -2.29. The van der Waals surface area contributed by atoms with Gasteiger partial charge >= 0.3 is 0 Å². The molecule has 0 amide bonds. The monoisotopic (exact) mass is 315 g/mol. The number of rotatable bonds is 5. The van der Waals surface area contributed by atoms with Gasteiger partial charge in [-0.3, -0.25) is 0 Å². The lowest BCUT2D eigenvalue weighted by Gasteiger charge is -2.24. The number of nitrogens with zero attached hydrogens (tertiary/aromatic N) is 2. The van der Waals surface area contributed by atoms with Crippen LogP contribution in [0.2, 0.25) is 0 Å². The normalized spacial score (nSPS) is 18.0. The lowest BCUT2D eigenvalue weighted by molar-refractivity contribution is 0.354. The number of methoxy groups -OCH3 is 2. The third kappa shape index (κ3) is 3.34. The zero-order valence-electron chi connectivity index (χ0n) is 14.1. The van der Waals surface area contributed by atoms with Gasteiger partial charge in [0.2, 0.25) is 0 Å². The van der Waals surface area contributed by atoms with E-state index in [-0.39, 0.29) is 0 Å². The minimum Gasteiger partial charge on any atom is -0.493 e. The van der Waals surface area contributed by atoms with E-state index in [0.717, 1.165) is 36.8 Å². The first-order valence-corrected chi connectivity index (χ1v) is 8.19. The number of nitrogens with one attached hydrogen (secondary N) is 1. The Balaban J connectivity index is 1.86. The first kappa shape index (κ1) is 15.9. The molecule has 1 aliphatic rings. The van der Waals surface area contributed by atoms with Gasteiger partial charge in [0, 0.05) is 18.4 Å². The number of benzene rings is 1. The zero-order chi connectivity index (χ0) is 16.2. The summed E-state index contributed by atoms with van der Waals surface area (Å²) in [6.07, 6.45) is 5.64. The molecule has 124 valence electrons. The molecular formula is C18H25N3O2. The molecule has 0 radical (unpaired) electrons. The number of hydrogen-bond acceptors (Lipinski definition) is 4. The minimum atomic E-state index is 0.359. The summed E-state index contributed by atoms with van der Waals surface area (Å²) in [6, 6.07) is 6.44. The SMILES string of the molecule is COc1ccc(Cn2c(C)cnc2C2CCCCN2)cc1OC. The Kier molecular flexibility index (Phi) is 4.86. The molecular weight excluding hydrogens is 290 g/mol. The van der Waals surface area contributed by atoms with Gasteiger partial charge in [0.05, 0.1) is 20.3 Å². The van der Waals surface area contributed by atoms with Crippen LogP contribution >= 0.6 is 0 Å². The second kappa shape index (κ2) is 7.04. The summed E-state index contributed by atoms with van der Waals surface area (Å²) in [7, 11) is 3.33. The molecule has 1 N–H and O–H groups in total. The fourth-order valence-corrected chi connectivity index (χ4v) is 3.20. The third-order valence-corrected chi connectivity index (χ3v) is 4.50. The van der Waals surface area contributed by atoms with Crippen LogP contribution in [0.25, 0.3) is 0 Å². The predicted octanol–water partition coefficient (Wildman–Crippen LogP) is 3.07. The van der Waals surface area contributed by atoms with E-state index in [0.29, 0.717) is 6.04 Å². The molecule has 1 saturated heterocycles. The van der Waals surface area contributed by atoms with Crippen molar-refractivity contribution in [3.63, 3.8) is 0 Å². The maximum atomic E-state index is 5.41. The van der Waals surface area contributed by atoms with Crippen molar-refractivity contribution < 1.29 is 9.47 Å². The van der Waals surface area contributed by atoms with Gasteiger partial charge in [-0.25, -0.2) is 4.98 Å². The molecule has 1 atom stereocenters. The molecule has 1 aromatic heterocycles. The van der Waals surface area contributed by atoms with Crippen LogP contribution in [0, 0.1) is 6.92 Å². The fourth-order valence-electron chi connectivity index (χ4n) is 3.20. The molecule has 2 heterocycles. The molecule has 2 aromatic rings. The summed E-state index contributed by atoms with van der Waals surface area (Å²) in [6.45, 7) is 3.98. The number of ether oxygens (including phenoxy) is 2. The van der Waals surface area contributed by atoms with E-state index in [1.807, 2.05) is 18.3 Å². The van der Waals surface area contributed by atoms with Gasteiger partial charge in [-0.05, 0) is 44.0 Å². The smallest absolute Gasteiger partial charge is 0.161 e. The molecule has 5 nitrogen and oxygen atoms in total. The summed E-state index contributed by atoms with van der Waals surface area (Å²) in [5, 5.41) is 3.59. The van der Waals surface area contributed by atoms with Gasteiger partial charge in [-0.1, -0.05) is 12.5 Å². The van der Waals surface area contributed by atoms with E-state index >= 15 is 0 Å². The van der Waals surface area contributed by atoms with Crippen LogP contribution in [-0.2, 0) is 6.54 Å². The largest absolute Gasteiger partial charge is 0.493 e. The van der Waals surface area contributed by atoms with Crippen LogP contribution in [0.4, 0.5) is 0 Å². The number of aromatic nitrogens is 2. The standard InChI is InChI=1S/C18H25N3O2/c1-13-11-20-18(15-6-4-5-9-19-15)21(13)12-14-7-8-16(22-2)17(10-14)23-3/h7-8,10-11,15,19H,4-6,9,12H2,1-3H3. The van der Waals surface area contributed by atoms with Crippen molar-refractivity contribution in [2.24, 2.45) is 0 Å². The molecule has 0 saturated carbocycles. The van der Waals surface area contributed by atoms with Crippen molar-refractivity contribution in [3.05, 3.63) is 41.5 Å². The third-order valence-electron chi connectivity index (χ3n) is 4.50. The van der Waals surface area contributed by atoms with Crippen molar-refractivity contribution in [2.45, 2.75) is 38.8 Å². The van der Waals surface area contributed by atoms with E-state index in [2.05, 4.69) is 27.9 Å². The van der Waals surface area contributed by atoms with E-state index in [4.69, 9.17) is 9.47 Å². The van der Waals surface area contributed by atoms with Gasteiger partial charge in [0.25, 0.3) is 0 Å². The van der Waals surface area contributed by atoms with Crippen molar-refractivity contribution >= 4 is 0 Å². The van der Waals surface area contributed by atoms with Crippen LogP contribution < -0.4 is 14.8 Å². The Bertz CT molecular complexity index is 660. The maximum Gasteiger partial charge on any atom is 0.161 e. The molecule has 1 aliphatic heterocycles. The molecule has 3 rings (SSSR count). The highest BCUT2D eigenvalue weighted by Crippen LogP contribution is 2.29. The molecule has 0 aliphatic carbocycles. The fraction of sp³-hybridized carbons (Fsp3) is 0.500. The summed E-state index contributed by atoms with van der Waals surface area (Å²) in [5.41, 5.74) is 2.36. The van der Waals surface area contributed by atoms with Gasteiger partial charge < -0.3 is 19.4 Å². The molecule has 1 aromatic carbocycles. The summed E-state index contributed by atoms with van der Waals surface area (Å²) in [4.78, 5) is 4.66. The molecule has 1 fully saturated rings. The molecule has 1 unspecified atom stereocenters. The average Bonchev–Trinajstić information content (AvgIpc) is 2.96. The number of imidazole rings is 1. The van der Waals surface area contributed by atoms with E-state index in [9.17, 15) is 0 Å². The molecule has 0 bridgehead atoms. The first-order chi connectivity index (χ1) is 11.2. The average molecular weight is 315 g/mol. The number of hydrogen-bond donors (Lipinski definition) is 1. The Morgan fingerprint density at radius 1 is 1.22 bits per heavy atom. The lowest BCUT2D eigenvalue weighted by atomic mass is 10.0. The number of piperidine rings is 1. The van der Waals surface area contributed by atoms with Crippen molar-refractivity contribution in [1.82, 2.24) is 14.9 Å². The second-order valence-electron chi connectivity index (χ2n) is 6.04. The van der Waals surface area contributed by atoms with Crippen LogP contribution in [-0.4, -0.2) is 30.3 Å². The molecule has 23 heavy (non-hydrogen) atoms. The predicted molar refractivity (Wildman–Crippen MR) is 90.2 cm³/mol. The van der Waals surface area contributed by atoms with Gasteiger partial charge in [0.15, 0.2) is 11.5 Å². The van der Waals surface area contributed by atoms with Crippen molar-refractivity contribution in [2.75, 3.05) is 20.8 Å².